The molecule has 2 unspecified atom stereocenters. The van der Waals surface area contributed by atoms with Crippen LogP contribution < -0.4 is 10.6 Å². The van der Waals surface area contributed by atoms with Crippen molar-refractivity contribution in [2.75, 3.05) is 6.54 Å². The highest BCUT2D eigenvalue weighted by Crippen LogP contribution is 2.19. The van der Waals surface area contributed by atoms with Crippen LogP contribution in [0.25, 0.3) is 0 Å². The Morgan fingerprint density at radius 1 is 1.16 bits per heavy atom. The maximum atomic E-state index is 12.5. The zero-order valence-electron chi connectivity index (χ0n) is 14.7. The van der Waals surface area contributed by atoms with E-state index < -0.39 is 17.6 Å². The molecule has 2 amide bonds. The fourth-order valence-electron chi connectivity index (χ4n) is 2.42. The molecule has 0 radical (unpaired) electrons. The zero-order chi connectivity index (χ0) is 18.4. The second kappa shape index (κ2) is 7.98. The topological polar surface area (TPSA) is 91.6 Å². The molecule has 0 aliphatic carbocycles. The van der Waals surface area contributed by atoms with Crippen molar-refractivity contribution in [1.29, 1.82) is 0 Å². The molecule has 0 bridgehead atoms. The molecule has 2 atom stereocenters. The minimum atomic E-state index is -1.20. The van der Waals surface area contributed by atoms with Gasteiger partial charge in [-0.2, -0.15) is 0 Å². The van der Waals surface area contributed by atoms with Gasteiger partial charge in [-0.1, -0.05) is 44.2 Å². The van der Waals surface area contributed by atoms with Gasteiger partial charge in [0.25, 0.3) is 5.91 Å². The molecule has 6 heteroatoms. The van der Waals surface area contributed by atoms with Crippen LogP contribution >= 0.6 is 0 Å². The molecule has 0 saturated heterocycles. The molecule has 1 aromatic heterocycles. The Kier molecular flexibility index (Phi) is 5.98. The first-order valence-corrected chi connectivity index (χ1v) is 8.21. The zero-order valence-corrected chi connectivity index (χ0v) is 14.7. The molecule has 1 heterocycles. The SMILES string of the molecule is CC(C)C(NC(=O)c1ccco1)C(=O)NCC(C)(O)c1ccccc1. The lowest BCUT2D eigenvalue weighted by molar-refractivity contribution is -0.125. The van der Waals surface area contributed by atoms with Crippen LogP contribution in [0.5, 0.6) is 0 Å². The molecule has 1 aromatic carbocycles. The van der Waals surface area contributed by atoms with Crippen LogP contribution in [0.15, 0.2) is 53.1 Å². The first-order chi connectivity index (χ1) is 11.8. The Morgan fingerprint density at radius 2 is 1.84 bits per heavy atom. The summed E-state index contributed by atoms with van der Waals surface area (Å²) < 4.78 is 5.04. The average molecular weight is 344 g/mol. The third-order valence-corrected chi connectivity index (χ3v) is 3.98. The summed E-state index contributed by atoms with van der Waals surface area (Å²) in [7, 11) is 0. The molecular weight excluding hydrogens is 320 g/mol. The van der Waals surface area contributed by atoms with Gasteiger partial charge in [-0.15, -0.1) is 0 Å². The highest BCUT2D eigenvalue weighted by molar-refractivity contribution is 5.95. The maximum Gasteiger partial charge on any atom is 0.287 e. The van der Waals surface area contributed by atoms with E-state index in [9.17, 15) is 14.7 Å². The quantitative estimate of drug-likeness (QED) is 0.717. The van der Waals surface area contributed by atoms with Gasteiger partial charge in [0.15, 0.2) is 5.76 Å². The number of benzene rings is 1. The first kappa shape index (κ1) is 18.7. The normalized spacial score (nSPS) is 14.6. The molecule has 0 aliphatic rings. The van der Waals surface area contributed by atoms with Crippen LogP contribution in [0.2, 0.25) is 0 Å². The number of hydrogen-bond donors (Lipinski definition) is 3. The van der Waals surface area contributed by atoms with Gasteiger partial charge < -0.3 is 20.2 Å². The number of hydrogen-bond acceptors (Lipinski definition) is 4. The highest BCUT2D eigenvalue weighted by atomic mass is 16.3. The summed E-state index contributed by atoms with van der Waals surface area (Å²) in [5, 5.41) is 16.0. The third-order valence-electron chi connectivity index (χ3n) is 3.98. The summed E-state index contributed by atoms with van der Waals surface area (Å²) in [5.74, 6) is -0.782. The summed E-state index contributed by atoms with van der Waals surface area (Å²) in [6.07, 6.45) is 1.40. The van der Waals surface area contributed by atoms with Gasteiger partial charge in [0, 0.05) is 0 Å². The number of nitrogens with one attached hydrogen (secondary N) is 2. The van der Waals surface area contributed by atoms with Gasteiger partial charge in [0.1, 0.15) is 11.6 Å². The minimum Gasteiger partial charge on any atom is -0.459 e. The predicted octanol–water partition coefficient (Wildman–Crippen LogP) is 2.06. The van der Waals surface area contributed by atoms with E-state index in [-0.39, 0.29) is 24.1 Å². The van der Waals surface area contributed by atoms with Crippen molar-refractivity contribution in [2.45, 2.75) is 32.4 Å². The lowest BCUT2D eigenvalue weighted by Crippen LogP contribution is -2.52. The molecule has 2 aromatic rings. The standard InChI is InChI=1S/C19H24N2O4/c1-13(2)16(21-17(22)15-10-7-11-25-15)18(23)20-12-19(3,24)14-8-5-4-6-9-14/h4-11,13,16,24H,12H2,1-3H3,(H,20,23)(H,21,22). The number of carbonyl (C=O) groups excluding carboxylic acids is 2. The van der Waals surface area contributed by atoms with Crippen molar-refractivity contribution in [2.24, 2.45) is 5.92 Å². The van der Waals surface area contributed by atoms with E-state index in [1.807, 2.05) is 32.0 Å². The van der Waals surface area contributed by atoms with Crippen LogP contribution in [-0.2, 0) is 10.4 Å². The predicted molar refractivity (Wildman–Crippen MR) is 93.8 cm³/mol. The van der Waals surface area contributed by atoms with E-state index in [1.54, 1.807) is 25.1 Å². The van der Waals surface area contributed by atoms with Crippen LogP contribution in [-0.4, -0.2) is 29.5 Å². The number of carbonyl (C=O) groups is 2. The fraction of sp³-hybridized carbons (Fsp3) is 0.368. The summed E-state index contributed by atoms with van der Waals surface area (Å²) in [6.45, 7) is 5.34. The van der Waals surface area contributed by atoms with Gasteiger partial charge >= 0.3 is 0 Å². The lowest BCUT2D eigenvalue weighted by atomic mass is 9.95. The smallest absolute Gasteiger partial charge is 0.287 e. The molecular formula is C19H24N2O4. The van der Waals surface area contributed by atoms with Crippen LogP contribution in [0.4, 0.5) is 0 Å². The summed E-state index contributed by atoms with van der Waals surface area (Å²) >= 11 is 0. The van der Waals surface area contributed by atoms with Crippen LogP contribution in [0.1, 0.15) is 36.9 Å². The molecule has 134 valence electrons. The van der Waals surface area contributed by atoms with Crippen molar-refractivity contribution in [3.8, 4) is 0 Å². The van der Waals surface area contributed by atoms with E-state index in [0.29, 0.717) is 5.56 Å². The molecule has 6 nitrogen and oxygen atoms in total. The van der Waals surface area contributed by atoms with Crippen molar-refractivity contribution < 1.29 is 19.1 Å². The molecule has 0 aliphatic heterocycles. The van der Waals surface area contributed by atoms with Gasteiger partial charge in [0.05, 0.1) is 12.8 Å². The number of rotatable bonds is 7. The lowest BCUT2D eigenvalue weighted by Gasteiger charge is -2.27. The average Bonchev–Trinajstić information content (AvgIpc) is 3.12. The fourth-order valence-corrected chi connectivity index (χ4v) is 2.42. The van der Waals surface area contributed by atoms with Crippen molar-refractivity contribution >= 4 is 11.8 Å². The number of furan rings is 1. The number of aliphatic hydroxyl groups is 1. The minimum absolute atomic E-state index is 0.0374. The van der Waals surface area contributed by atoms with Gasteiger partial charge in [-0.3, -0.25) is 9.59 Å². The summed E-state index contributed by atoms with van der Waals surface area (Å²) in [5.41, 5.74) is -0.500. The monoisotopic (exact) mass is 344 g/mol. The van der Waals surface area contributed by atoms with E-state index in [2.05, 4.69) is 10.6 Å². The molecule has 25 heavy (non-hydrogen) atoms. The van der Waals surface area contributed by atoms with E-state index in [4.69, 9.17) is 4.42 Å². The number of amides is 2. The van der Waals surface area contributed by atoms with Crippen LogP contribution in [0, 0.1) is 5.92 Å². The van der Waals surface area contributed by atoms with Gasteiger partial charge in [-0.25, -0.2) is 0 Å². The summed E-state index contributed by atoms with van der Waals surface area (Å²) in [4.78, 5) is 24.6. The van der Waals surface area contributed by atoms with Crippen molar-refractivity contribution in [3.05, 3.63) is 60.1 Å². The Morgan fingerprint density at radius 3 is 2.40 bits per heavy atom. The maximum absolute atomic E-state index is 12.5. The van der Waals surface area contributed by atoms with Crippen molar-refractivity contribution in [3.63, 3.8) is 0 Å². The second-order valence-corrected chi connectivity index (χ2v) is 6.53. The van der Waals surface area contributed by atoms with Crippen LogP contribution in [0.3, 0.4) is 0 Å². The van der Waals surface area contributed by atoms with Crippen molar-refractivity contribution in [1.82, 2.24) is 10.6 Å². The Bertz CT molecular complexity index is 693. The second-order valence-electron chi connectivity index (χ2n) is 6.53. The molecule has 2 rings (SSSR count). The first-order valence-electron chi connectivity index (χ1n) is 8.21. The largest absolute Gasteiger partial charge is 0.459 e. The summed E-state index contributed by atoms with van der Waals surface area (Å²) in [6, 6.07) is 11.5. The Hall–Kier alpha value is -2.60. The van der Waals surface area contributed by atoms with E-state index in [1.165, 1.54) is 12.3 Å². The molecule has 0 saturated carbocycles. The Balaban J connectivity index is 1.99. The van der Waals surface area contributed by atoms with Gasteiger partial charge in [0.2, 0.25) is 5.91 Å². The highest BCUT2D eigenvalue weighted by Gasteiger charge is 2.29. The van der Waals surface area contributed by atoms with E-state index in [0.717, 1.165) is 0 Å². The Labute approximate surface area is 147 Å². The van der Waals surface area contributed by atoms with E-state index >= 15 is 0 Å². The molecule has 0 fully saturated rings. The third kappa shape index (κ3) is 4.93. The van der Waals surface area contributed by atoms with Gasteiger partial charge in [-0.05, 0) is 30.5 Å². The molecule has 3 N–H and O–H groups in total. The molecule has 0 spiro atoms.